The number of nitrogens with zero attached hydrogens (tertiary/aromatic N) is 1. The van der Waals surface area contributed by atoms with Crippen LogP contribution in [0.1, 0.15) is 28.4 Å². The Morgan fingerprint density at radius 1 is 1.12 bits per heavy atom. The summed E-state index contributed by atoms with van der Waals surface area (Å²) in [6.45, 7) is 2.92. The number of ether oxygens (including phenoxy) is 2. The molecule has 0 saturated heterocycles. The predicted molar refractivity (Wildman–Crippen MR) is 91.9 cm³/mol. The summed E-state index contributed by atoms with van der Waals surface area (Å²) in [6, 6.07) is 11.1. The molecule has 0 aromatic heterocycles. The summed E-state index contributed by atoms with van der Waals surface area (Å²) in [6.07, 6.45) is 0.846. The van der Waals surface area contributed by atoms with Gasteiger partial charge in [0.1, 0.15) is 0 Å². The van der Waals surface area contributed by atoms with Crippen LogP contribution in [0.15, 0.2) is 36.4 Å². The average molecular weight is 338 g/mol. The van der Waals surface area contributed by atoms with Gasteiger partial charge in [0.15, 0.2) is 11.5 Å². The fourth-order valence-corrected chi connectivity index (χ4v) is 3.21. The van der Waals surface area contributed by atoms with Crippen LogP contribution in [0.2, 0.25) is 0 Å². The zero-order valence-corrected chi connectivity index (χ0v) is 13.9. The highest BCUT2D eigenvalue weighted by molar-refractivity contribution is 5.95. The van der Waals surface area contributed by atoms with Crippen LogP contribution in [0.3, 0.4) is 0 Å². The fraction of sp³-hybridized carbons (Fsp3) is 0.263. The van der Waals surface area contributed by atoms with Crippen molar-refractivity contribution in [3.8, 4) is 11.5 Å². The van der Waals surface area contributed by atoms with Crippen LogP contribution in [-0.2, 0) is 17.8 Å². The molecule has 0 bridgehead atoms. The number of hydrogen-bond donors (Lipinski definition) is 1. The Kier molecular flexibility index (Phi) is 3.80. The topological polar surface area (TPSA) is 67.9 Å². The van der Waals surface area contributed by atoms with E-state index in [-0.39, 0.29) is 18.6 Å². The van der Waals surface area contributed by atoms with E-state index in [2.05, 4.69) is 11.4 Å². The van der Waals surface area contributed by atoms with Gasteiger partial charge in [0.2, 0.25) is 12.7 Å². The van der Waals surface area contributed by atoms with Crippen molar-refractivity contribution < 1.29 is 19.1 Å². The molecular formula is C19H18N2O4. The number of anilines is 1. The highest BCUT2D eigenvalue weighted by Crippen LogP contribution is 2.32. The number of nitrogens with one attached hydrogen (secondary N) is 1. The normalized spacial score (nSPS) is 14.4. The molecule has 2 aliphatic rings. The van der Waals surface area contributed by atoms with E-state index in [0.717, 1.165) is 29.8 Å². The first-order valence-corrected chi connectivity index (χ1v) is 8.19. The van der Waals surface area contributed by atoms with Gasteiger partial charge in [-0.05, 0) is 41.8 Å². The second kappa shape index (κ2) is 6.12. The maximum Gasteiger partial charge on any atom is 0.251 e. The van der Waals surface area contributed by atoms with Crippen molar-refractivity contribution in [2.75, 3.05) is 18.2 Å². The van der Waals surface area contributed by atoms with Crippen molar-refractivity contribution in [3.63, 3.8) is 0 Å². The van der Waals surface area contributed by atoms with E-state index in [9.17, 15) is 9.59 Å². The molecule has 2 aromatic rings. The van der Waals surface area contributed by atoms with Gasteiger partial charge in [-0.15, -0.1) is 0 Å². The summed E-state index contributed by atoms with van der Waals surface area (Å²) >= 11 is 0. The third kappa shape index (κ3) is 2.91. The molecule has 6 heteroatoms. The Labute approximate surface area is 145 Å². The highest BCUT2D eigenvalue weighted by Gasteiger charge is 2.22. The first-order valence-electron chi connectivity index (χ1n) is 8.19. The van der Waals surface area contributed by atoms with Gasteiger partial charge in [0, 0.05) is 31.3 Å². The maximum atomic E-state index is 12.3. The molecule has 6 nitrogen and oxygen atoms in total. The molecule has 4 rings (SSSR count). The molecule has 2 heterocycles. The van der Waals surface area contributed by atoms with E-state index < -0.39 is 0 Å². The van der Waals surface area contributed by atoms with Gasteiger partial charge < -0.3 is 19.7 Å². The van der Waals surface area contributed by atoms with E-state index in [1.54, 1.807) is 30.0 Å². The van der Waals surface area contributed by atoms with Crippen LogP contribution in [0.4, 0.5) is 5.69 Å². The summed E-state index contributed by atoms with van der Waals surface area (Å²) in [4.78, 5) is 25.7. The Hall–Kier alpha value is -3.02. The van der Waals surface area contributed by atoms with Gasteiger partial charge in [0.25, 0.3) is 5.91 Å². The van der Waals surface area contributed by atoms with E-state index >= 15 is 0 Å². The lowest BCUT2D eigenvalue weighted by molar-refractivity contribution is -0.116. The number of benzene rings is 2. The lowest BCUT2D eigenvalue weighted by Gasteiger charge is -2.15. The first kappa shape index (κ1) is 15.5. The molecule has 128 valence electrons. The molecule has 0 saturated carbocycles. The summed E-state index contributed by atoms with van der Waals surface area (Å²) in [7, 11) is 0. The molecule has 2 amide bonds. The Balaban J connectivity index is 1.43. The van der Waals surface area contributed by atoms with Gasteiger partial charge in [-0.25, -0.2) is 0 Å². The third-order valence-electron chi connectivity index (χ3n) is 4.51. The Morgan fingerprint density at radius 3 is 2.80 bits per heavy atom. The molecule has 2 aromatic carbocycles. The fourth-order valence-electron chi connectivity index (χ4n) is 3.21. The Morgan fingerprint density at radius 2 is 1.96 bits per heavy atom. The first-order chi connectivity index (χ1) is 12.1. The minimum absolute atomic E-state index is 0.0580. The molecule has 0 aliphatic carbocycles. The zero-order valence-electron chi connectivity index (χ0n) is 13.9. The third-order valence-corrected chi connectivity index (χ3v) is 4.51. The number of carbonyl (C=O) groups excluding carboxylic acids is 2. The summed E-state index contributed by atoms with van der Waals surface area (Å²) in [5.41, 5.74) is 3.66. The summed E-state index contributed by atoms with van der Waals surface area (Å²) in [5, 5.41) is 2.92. The number of amides is 2. The van der Waals surface area contributed by atoms with E-state index in [0.29, 0.717) is 23.6 Å². The SMILES string of the molecule is CC(=O)N1CCc2cc(CNC(=O)c3ccc4c(c3)OCO4)ccc21. The van der Waals surface area contributed by atoms with Gasteiger partial charge in [0.05, 0.1) is 0 Å². The van der Waals surface area contributed by atoms with Crippen LogP contribution in [0.5, 0.6) is 11.5 Å². The van der Waals surface area contributed by atoms with E-state index in [1.807, 2.05) is 12.1 Å². The molecular weight excluding hydrogens is 320 g/mol. The van der Waals surface area contributed by atoms with E-state index in [1.165, 1.54) is 0 Å². The number of carbonyl (C=O) groups is 2. The second-order valence-corrected chi connectivity index (χ2v) is 6.13. The quantitative estimate of drug-likeness (QED) is 0.932. The van der Waals surface area contributed by atoms with Crippen molar-refractivity contribution >= 4 is 17.5 Å². The molecule has 0 fully saturated rings. The molecule has 0 radical (unpaired) electrons. The molecule has 2 aliphatic heterocycles. The van der Waals surface area contributed by atoms with Crippen LogP contribution < -0.4 is 19.7 Å². The Bertz CT molecular complexity index is 862. The zero-order chi connectivity index (χ0) is 17.4. The minimum atomic E-state index is -0.163. The van der Waals surface area contributed by atoms with Crippen LogP contribution in [-0.4, -0.2) is 25.2 Å². The molecule has 0 spiro atoms. The van der Waals surface area contributed by atoms with Crippen LogP contribution in [0.25, 0.3) is 0 Å². The lowest BCUT2D eigenvalue weighted by Crippen LogP contribution is -2.25. The monoisotopic (exact) mass is 338 g/mol. The average Bonchev–Trinajstić information content (AvgIpc) is 3.24. The van der Waals surface area contributed by atoms with Gasteiger partial charge >= 0.3 is 0 Å². The smallest absolute Gasteiger partial charge is 0.251 e. The second-order valence-electron chi connectivity index (χ2n) is 6.13. The standard InChI is InChI=1S/C19H18N2O4/c1-12(22)21-7-6-14-8-13(2-4-16(14)21)10-20-19(23)15-3-5-17-18(9-15)25-11-24-17/h2-5,8-9H,6-7,10-11H2,1H3,(H,20,23). The summed E-state index contributed by atoms with van der Waals surface area (Å²) in [5.74, 6) is 1.14. The van der Waals surface area contributed by atoms with Crippen LogP contribution in [0, 0.1) is 0 Å². The molecule has 0 atom stereocenters. The van der Waals surface area contributed by atoms with Crippen molar-refractivity contribution in [2.24, 2.45) is 0 Å². The van der Waals surface area contributed by atoms with Gasteiger partial charge in [-0.2, -0.15) is 0 Å². The van der Waals surface area contributed by atoms with E-state index in [4.69, 9.17) is 9.47 Å². The minimum Gasteiger partial charge on any atom is -0.454 e. The lowest BCUT2D eigenvalue weighted by atomic mass is 10.1. The number of rotatable bonds is 3. The molecule has 1 N–H and O–H groups in total. The van der Waals surface area contributed by atoms with Gasteiger partial charge in [-0.3, -0.25) is 9.59 Å². The van der Waals surface area contributed by atoms with Crippen molar-refractivity contribution in [1.82, 2.24) is 5.32 Å². The largest absolute Gasteiger partial charge is 0.454 e. The molecule has 0 unspecified atom stereocenters. The molecule has 25 heavy (non-hydrogen) atoms. The highest BCUT2D eigenvalue weighted by atomic mass is 16.7. The summed E-state index contributed by atoms with van der Waals surface area (Å²) < 4.78 is 10.5. The van der Waals surface area contributed by atoms with Crippen LogP contribution >= 0.6 is 0 Å². The van der Waals surface area contributed by atoms with Crippen molar-refractivity contribution in [1.29, 1.82) is 0 Å². The maximum absolute atomic E-state index is 12.3. The van der Waals surface area contributed by atoms with Crippen molar-refractivity contribution in [3.05, 3.63) is 53.1 Å². The number of hydrogen-bond acceptors (Lipinski definition) is 4. The van der Waals surface area contributed by atoms with Crippen molar-refractivity contribution in [2.45, 2.75) is 19.9 Å². The van der Waals surface area contributed by atoms with Gasteiger partial charge in [-0.1, -0.05) is 12.1 Å². The predicted octanol–water partition coefficient (Wildman–Crippen LogP) is 2.25. The number of fused-ring (bicyclic) bond motifs is 2.